The zero-order valence-corrected chi connectivity index (χ0v) is 8.55. The van der Waals surface area contributed by atoms with Gasteiger partial charge in [-0.3, -0.25) is 4.79 Å². The molecule has 3 nitrogen and oxygen atoms in total. The summed E-state index contributed by atoms with van der Waals surface area (Å²) in [7, 11) is 4.06. The maximum atomic E-state index is 11.6. The Hall–Kier alpha value is -0.570. The fourth-order valence-electron chi connectivity index (χ4n) is 2.58. The van der Waals surface area contributed by atoms with Crippen molar-refractivity contribution in [2.45, 2.75) is 19.3 Å². The van der Waals surface area contributed by atoms with E-state index < -0.39 is 0 Å². The van der Waals surface area contributed by atoms with Crippen LogP contribution in [0.15, 0.2) is 0 Å². The molecule has 1 atom stereocenters. The summed E-state index contributed by atoms with van der Waals surface area (Å²) in [6.45, 7) is 3.23. The second kappa shape index (κ2) is 2.98. The van der Waals surface area contributed by atoms with Gasteiger partial charge in [0.2, 0.25) is 5.91 Å². The molecule has 0 N–H and O–H groups in total. The van der Waals surface area contributed by atoms with Gasteiger partial charge in [0.05, 0.1) is 0 Å². The smallest absolute Gasteiger partial charge is 0.222 e. The number of carbonyl (C=O) groups excluding carboxylic acids is 1. The Bertz CT molecular complexity index is 229. The summed E-state index contributed by atoms with van der Waals surface area (Å²) in [4.78, 5) is 15.8. The van der Waals surface area contributed by atoms with Gasteiger partial charge in [-0.1, -0.05) is 0 Å². The quantitative estimate of drug-likeness (QED) is 0.546. The van der Waals surface area contributed by atoms with Crippen LogP contribution in [-0.2, 0) is 4.79 Å². The molecule has 0 aromatic rings. The molecule has 0 radical (unpaired) electrons. The van der Waals surface area contributed by atoms with Crippen LogP contribution >= 0.6 is 0 Å². The fourth-order valence-corrected chi connectivity index (χ4v) is 2.58. The lowest BCUT2D eigenvalue weighted by molar-refractivity contribution is -0.136. The summed E-state index contributed by atoms with van der Waals surface area (Å²) in [6, 6.07) is 0. The molecule has 74 valence electrons. The number of nitrogens with zero attached hydrogens (tertiary/aromatic N) is 2. The first kappa shape index (κ1) is 9.00. The molecule has 13 heavy (non-hydrogen) atoms. The fraction of sp³-hybridized carbons (Fsp3) is 0.900. The molecule has 1 amide bonds. The van der Waals surface area contributed by atoms with Gasteiger partial charge in [0.25, 0.3) is 0 Å². The standard InChI is InChI=1S/C10H18N2O/c1-11-5-3-10(8-11)4-6-12(2)9(13)7-10/h3-8H2,1-2H3. The molecule has 2 heterocycles. The van der Waals surface area contributed by atoms with Crippen LogP contribution in [0.3, 0.4) is 0 Å². The number of amides is 1. The lowest BCUT2D eigenvalue weighted by Gasteiger charge is -2.36. The van der Waals surface area contributed by atoms with Crippen LogP contribution in [0.2, 0.25) is 0 Å². The normalized spacial score (nSPS) is 36.2. The van der Waals surface area contributed by atoms with E-state index in [2.05, 4.69) is 11.9 Å². The summed E-state index contributed by atoms with van der Waals surface area (Å²) >= 11 is 0. The lowest BCUT2D eigenvalue weighted by atomic mass is 9.77. The number of hydrogen-bond donors (Lipinski definition) is 0. The SMILES string of the molecule is CN1CCC2(CCN(C)C(=O)C2)C1. The summed E-state index contributed by atoms with van der Waals surface area (Å²) < 4.78 is 0. The van der Waals surface area contributed by atoms with E-state index in [0.717, 1.165) is 26.1 Å². The summed E-state index contributed by atoms with van der Waals surface area (Å²) in [6.07, 6.45) is 3.18. The van der Waals surface area contributed by atoms with Crippen molar-refractivity contribution >= 4 is 5.91 Å². The minimum absolute atomic E-state index is 0.332. The van der Waals surface area contributed by atoms with Gasteiger partial charge >= 0.3 is 0 Å². The number of likely N-dealkylation sites (tertiary alicyclic amines) is 2. The van der Waals surface area contributed by atoms with E-state index >= 15 is 0 Å². The van der Waals surface area contributed by atoms with Gasteiger partial charge in [0.15, 0.2) is 0 Å². The number of hydrogen-bond acceptors (Lipinski definition) is 2. The van der Waals surface area contributed by atoms with Crippen LogP contribution in [0.4, 0.5) is 0 Å². The highest BCUT2D eigenvalue weighted by atomic mass is 16.2. The van der Waals surface area contributed by atoms with Gasteiger partial charge in [0, 0.05) is 26.6 Å². The predicted octanol–water partition coefficient (Wildman–Crippen LogP) is 0.560. The molecule has 2 aliphatic heterocycles. The minimum atomic E-state index is 0.332. The second-order valence-corrected chi connectivity index (χ2v) is 4.73. The third kappa shape index (κ3) is 1.57. The lowest BCUT2D eigenvalue weighted by Crippen LogP contribution is -2.43. The van der Waals surface area contributed by atoms with Crippen LogP contribution in [0, 0.1) is 5.41 Å². The molecule has 1 unspecified atom stereocenters. The maximum absolute atomic E-state index is 11.6. The van der Waals surface area contributed by atoms with Crippen molar-refractivity contribution in [3.63, 3.8) is 0 Å². The van der Waals surface area contributed by atoms with Crippen LogP contribution in [0.25, 0.3) is 0 Å². The topological polar surface area (TPSA) is 23.6 Å². The molecule has 0 aromatic heterocycles. The van der Waals surface area contributed by atoms with E-state index in [1.54, 1.807) is 0 Å². The first-order valence-electron chi connectivity index (χ1n) is 5.04. The molecule has 0 aromatic carbocycles. The minimum Gasteiger partial charge on any atom is -0.346 e. The number of carbonyl (C=O) groups is 1. The van der Waals surface area contributed by atoms with Crippen molar-refractivity contribution in [1.82, 2.24) is 9.80 Å². The van der Waals surface area contributed by atoms with Gasteiger partial charge in [0.1, 0.15) is 0 Å². The number of piperidine rings is 1. The first-order valence-corrected chi connectivity index (χ1v) is 5.04. The zero-order valence-electron chi connectivity index (χ0n) is 8.55. The van der Waals surface area contributed by atoms with Crippen molar-refractivity contribution in [3.8, 4) is 0 Å². The van der Waals surface area contributed by atoms with Gasteiger partial charge in [-0.2, -0.15) is 0 Å². The highest BCUT2D eigenvalue weighted by Crippen LogP contribution is 2.39. The van der Waals surface area contributed by atoms with Crippen molar-refractivity contribution < 1.29 is 4.79 Å². The van der Waals surface area contributed by atoms with Crippen LogP contribution in [-0.4, -0.2) is 49.4 Å². The summed E-state index contributed by atoms with van der Waals surface area (Å²) in [5.41, 5.74) is 0.332. The molecule has 0 saturated carbocycles. The van der Waals surface area contributed by atoms with Crippen molar-refractivity contribution in [1.29, 1.82) is 0 Å². The van der Waals surface area contributed by atoms with Gasteiger partial charge in [-0.05, 0) is 31.8 Å². The maximum Gasteiger partial charge on any atom is 0.222 e. The largest absolute Gasteiger partial charge is 0.346 e. The van der Waals surface area contributed by atoms with Crippen LogP contribution in [0.5, 0.6) is 0 Å². The van der Waals surface area contributed by atoms with Crippen LogP contribution in [0.1, 0.15) is 19.3 Å². The molecule has 2 fully saturated rings. The van der Waals surface area contributed by atoms with E-state index in [1.807, 2.05) is 11.9 Å². The number of rotatable bonds is 0. The molecular weight excluding hydrogens is 164 g/mol. The zero-order chi connectivity index (χ0) is 9.47. The second-order valence-electron chi connectivity index (χ2n) is 4.73. The van der Waals surface area contributed by atoms with Gasteiger partial charge in [-0.15, -0.1) is 0 Å². The molecule has 3 heteroatoms. The molecule has 0 bridgehead atoms. The Balaban J connectivity index is 2.05. The van der Waals surface area contributed by atoms with Gasteiger partial charge < -0.3 is 9.80 Å². The monoisotopic (exact) mass is 182 g/mol. The Morgan fingerprint density at radius 1 is 1.23 bits per heavy atom. The molecule has 2 aliphatic rings. The van der Waals surface area contributed by atoms with Crippen molar-refractivity contribution in [2.75, 3.05) is 33.7 Å². The summed E-state index contributed by atoms with van der Waals surface area (Å²) in [5.74, 6) is 0.335. The molecular formula is C10H18N2O. The van der Waals surface area contributed by atoms with Crippen molar-refractivity contribution in [3.05, 3.63) is 0 Å². The average Bonchev–Trinajstić information content (AvgIpc) is 2.42. The van der Waals surface area contributed by atoms with E-state index in [1.165, 1.54) is 12.8 Å². The first-order chi connectivity index (χ1) is 6.11. The predicted molar refractivity (Wildman–Crippen MR) is 51.4 cm³/mol. The van der Waals surface area contributed by atoms with Gasteiger partial charge in [-0.25, -0.2) is 0 Å². The molecule has 2 saturated heterocycles. The molecule has 0 aliphatic carbocycles. The van der Waals surface area contributed by atoms with E-state index in [9.17, 15) is 4.79 Å². The third-order valence-electron chi connectivity index (χ3n) is 3.56. The highest BCUT2D eigenvalue weighted by Gasteiger charge is 2.41. The molecule has 2 rings (SSSR count). The third-order valence-corrected chi connectivity index (χ3v) is 3.56. The average molecular weight is 182 g/mol. The van der Waals surface area contributed by atoms with Crippen LogP contribution < -0.4 is 0 Å². The Morgan fingerprint density at radius 2 is 1.92 bits per heavy atom. The van der Waals surface area contributed by atoms with E-state index in [4.69, 9.17) is 0 Å². The Labute approximate surface area is 79.7 Å². The Morgan fingerprint density at radius 3 is 2.46 bits per heavy atom. The molecule has 1 spiro atoms. The Kier molecular flexibility index (Phi) is 2.06. The van der Waals surface area contributed by atoms with E-state index in [-0.39, 0.29) is 0 Å². The van der Waals surface area contributed by atoms with E-state index in [0.29, 0.717) is 11.3 Å². The van der Waals surface area contributed by atoms with Crippen molar-refractivity contribution in [2.24, 2.45) is 5.41 Å². The highest BCUT2D eigenvalue weighted by molar-refractivity contribution is 5.77. The summed E-state index contributed by atoms with van der Waals surface area (Å²) in [5, 5.41) is 0.